The van der Waals surface area contributed by atoms with Crippen LogP contribution in [0.3, 0.4) is 0 Å². The van der Waals surface area contributed by atoms with E-state index in [4.69, 9.17) is 0 Å². The van der Waals surface area contributed by atoms with Crippen molar-refractivity contribution in [1.29, 1.82) is 0 Å². The molecule has 2 aliphatic heterocycles. The van der Waals surface area contributed by atoms with Gasteiger partial charge in [0.15, 0.2) is 0 Å². The Hall–Kier alpha value is -5.55. The molecule has 1 aliphatic carbocycles. The lowest BCUT2D eigenvalue weighted by Gasteiger charge is -2.44. The standard InChI is InChI=1S/C43H33BFN3/c1-26-14-5-10-19-34(26)48-38-23-13-22-37-40(38)44(42-41(48)28-16-7-11-20-35(28)46(42)4)32-24-29-27-15-6-8-17-30(27)43(2,3)31(29)25-39(32)47(37)36-21-12-9-18-33(36)45/h5-25H,1-4H3. The quantitative estimate of drug-likeness (QED) is 0.179. The van der Waals surface area contributed by atoms with Gasteiger partial charge < -0.3 is 14.4 Å². The number of fused-ring (bicyclic) bond motifs is 9. The number of anilines is 6. The van der Waals surface area contributed by atoms with Crippen molar-refractivity contribution in [3.8, 4) is 11.1 Å². The van der Waals surface area contributed by atoms with E-state index in [2.05, 4.69) is 145 Å². The van der Waals surface area contributed by atoms with Crippen molar-refractivity contribution in [2.45, 2.75) is 26.2 Å². The largest absolute Gasteiger partial charge is 0.353 e. The summed E-state index contributed by atoms with van der Waals surface area (Å²) in [4.78, 5) is 4.64. The van der Waals surface area contributed by atoms with Crippen molar-refractivity contribution in [3.63, 3.8) is 0 Å². The molecule has 3 aliphatic rings. The van der Waals surface area contributed by atoms with E-state index in [-0.39, 0.29) is 17.9 Å². The predicted molar refractivity (Wildman–Crippen MR) is 199 cm³/mol. The monoisotopic (exact) mass is 621 g/mol. The number of benzene rings is 6. The van der Waals surface area contributed by atoms with Crippen LogP contribution in [-0.4, -0.2) is 11.3 Å². The minimum Gasteiger partial charge on any atom is -0.353 e. The Bertz CT molecular complexity index is 2510. The summed E-state index contributed by atoms with van der Waals surface area (Å²) in [6.45, 7) is 6.75. The molecule has 3 heterocycles. The van der Waals surface area contributed by atoms with Crippen LogP contribution >= 0.6 is 0 Å². The summed E-state index contributed by atoms with van der Waals surface area (Å²) in [6, 6.07) is 44.8. The van der Waals surface area contributed by atoms with Crippen LogP contribution in [-0.2, 0) is 12.5 Å². The van der Waals surface area contributed by atoms with Crippen LogP contribution in [0.15, 0.2) is 127 Å². The number of aromatic nitrogens is 1. The molecule has 7 aromatic rings. The lowest BCUT2D eigenvalue weighted by molar-refractivity contribution is 0.629. The fourth-order valence-corrected chi connectivity index (χ4v) is 9.01. The molecular weight excluding hydrogens is 588 g/mol. The number of hydrogen-bond acceptors (Lipinski definition) is 2. The van der Waals surface area contributed by atoms with Gasteiger partial charge in [-0.05, 0) is 88.1 Å². The molecule has 0 amide bonds. The van der Waals surface area contributed by atoms with Crippen molar-refractivity contribution in [2.75, 3.05) is 9.80 Å². The molecule has 5 heteroatoms. The molecule has 0 saturated heterocycles. The maximum atomic E-state index is 16.1. The van der Waals surface area contributed by atoms with Gasteiger partial charge in [0.25, 0.3) is 6.71 Å². The van der Waals surface area contributed by atoms with Crippen molar-refractivity contribution in [1.82, 2.24) is 4.57 Å². The van der Waals surface area contributed by atoms with E-state index in [1.165, 1.54) is 60.9 Å². The molecule has 48 heavy (non-hydrogen) atoms. The minimum absolute atomic E-state index is 0.0666. The average Bonchev–Trinajstić information content (AvgIpc) is 3.52. The third-order valence-electron chi connectivity index (χ3n) is 11.2. The zero-order valence-corrected chi connectivity index (χ0v) is 27.4. The summed E-state index contributed by atoms with van der Waals surface area (Å²) in [5, 5.41) is 1.22. The molecule has 0 saturated carbocycles. The van der Waals surface area contributed by atoms with E-state index in [1.807, 2.05) is 12.1 Å². The van der Waals surface area contributed by atoms with Gasteiger partial charge >= 0.3 is 0 Å². The fourth-order valence-electron chi connectivity index (χ4n) is 9.01. The van der Waals surface area contributed by atoms with E-state index in [0.717, 1.165) is 22.7 Å². The number of para-hydroxylation sites is 3. The maximum Gasteiger partial charge on any atom is 0.272 e. The zero-order valence-electron chi connectivity index (χ0n) is 27.4. The SMILES string of the molecule is Cc1ccccc1N1c2cccc3c2B(c2cc4c(cc2N3c2ccccc2F)C(C)(C)c2ccccc2-4)c2c1c1ccccc1n2C. The van der Waals surface area contributed by atoms with Gasteiger partial charge in [0.1, 0.15) is 5.82 Å². The number of aryl methyl sites for hydroxylation is 2. The number of hydrogen-bond donors (Lipinski definition) is 0. The normalized spacial score (nSPS) is 14.8. The Morgan fingerprint density at radius 1 is 0.604 bits per heavy atom. The highest BCUT2D eigenvalue weighted by molar-refractivity contribution is 7.00. The van der Waals surface area contributed by atoms with Gasteiger partial charge in [0.05, 0.1) is 11.4 Å². The van der Waals surface area contributed by atoms with E-state index in [0.29, 0.717) is 5.69 Å². The molecule has 0 atom stereocenters. The second-order valence-electron chi connectivity index (χ2n) is 14.0. The van der Waals surface area contributed by atoms with Crippen molar-refractivity contribution < 1.29 is 4.39 Å². The Balaban J connectivity index is 1.38. The summed E-state index contributed by atoms with van der Waals surface area (Å²) in [5.74, 6) is -0.237. The minimum atomic E-state index is -0.237. The summed E-state index contributed by atoms with van der Waals surface area (Å²) >= 11 is 0. The molecule has 6 aromatic carbocycles. The van der Waals surface area contributed by atoms with Gasteiger partial charge in [-0.1, -0.05) is 98.8 Å². The second kappa shape index (κ2) is 9.51. The Morgan fingerprint density at radius 3 is 2.08 bits per heavy atom. The van der Waals surface area contributed by atoms with Crippen LogP contribution < -0.4 is 26.3 Å². The highest BCUT2D eigenvalue weighted by Gasteiger charge is 2.48. The van der Waals surface area contributed by atoms with Gasteiger partial charge in [-0.25, -0.2) is 4.39 Å². The third-order valence-corrected chi connectivity index (χ3v) is 11.2. The summed E-state index contributed by atoms with van der Waals surface area (Å²) in [6.07, 6.45) is 0. The highest BCUT2D eigenvalue weighted by Crippen LogP contribution is 2.52. The third kappa shape index (κ3) is 3.38. The van der Waals surface area contributed by atoms with Crippen molar-refractivity contribution in [3.05, 3.63) is 150 Å². The van der Waals surface area contributed by atoms with Gasteiger partial charge in [0, 0.05) is 51.7 Å². The zero-order chi connectivity index (χ0) is 32.5. The Morgan fingerprint density at radius 2 is 1.27 bits per heavy atom. The van der Waals surface area contributed by atoms with Gasteiger partial charge in [-0.3, -0.25) is 0 Å². The van der Waals surface area contributed by atoms with E-state index in [1.54, 1.807) is 12.1 Å². The van der Waals surface area contributed by atoms with Crippen LogP contribution in [0.5, 0.6) is 0 Å². The molecule has 0 fully saturated rings. The molecule has 0 radical (unpaired) electrons. The van der Waals surface area contributed by atoms with Gasteiger partial charge in [0.2, 0.25) is 0 Å². The first-order valence-electron chi connectivity index (χ1n) is 16.7. The number of halogens is 1. The first-order valence-corrected chi connectivity index (χ1v) is 16.7. The van der Waals surface area contributed by atoms with Gasteiger partial charge in [-0.15, -0.1) is 0 Å². The summed E-state index contributed by atoms with van der Waals surface area (Å²) in [7, 11) is 2.21. The first-order chi connectivity index (χ1) is 23.4. The van der Waals surface area contributed by atoms with Crippen LogP contribution in [0.2, 0.25) is 0 Å². The molecule has 1 aromatic heterocycles. The number of nitrogens with zero attached hydrogens (tertiary/aromatic N) is 3. The molecular formula is C43H33BFN3. The Labute approximate surface area is 280 Å². The lowest BCUT2D eigenvalue weighted by Crippen LogP contribution is -2.63. The molecule has 10 rings (SSSR count). The van der Waals surface area contributed by atoms with Crippen LogP contribution in [0, 0.1) is 12.7 Å². The molecule has 0 N–H and O–H groups in total. The van der Waals surface area contributed by atoms with Crippen molar-refractivity contribution >= 4 is 68.3 Å². The smallest absolute Gasteiger partial charge is 0.272 e. The lowest BCUT2D eigenvalue weighted by atomic mass is 9.34. The van der Waals surface area contributed by atoms with Crippen LogP contribution in [0.1, 0.15) is 30.5 Å². The topological polar surface area (TPSA) is 11.4 Å². The molecule has 230 valence electrons. The predicted octanol–water partition coefficient (Wildman–Crippen LogP) is 9.01. The maximum absolute atomic E-state index is 16.1. The van der Waals surface area contributed by atoms with Crippen LogP contribution in [0.25, 0.3) is 22.0 Å². The summed E-state index contributed by atoms with van der Waals surface area (Å²) in [5.41, 5.74) is 17.1. The molecule has 3 nitrogen and oxygen atoms in total. The van der Waals surface area contributed by atoms with Crippen molar-refractivity contribution in [2.24, 2.45) is 7.05 Å². The van der Waals surface area contributed by atoms with E-state index >= 15 is 4.39 Å². The molecule has 0 unspecified atom stereocenters. The Kier molecular flexibility index (Phi) is 5.46. The second-order valence-corrected chi connectivity index (χ2v) is 14.0. The van der Waals surface area contributed by atoms with Gasteiger partial charge in [-0.2, -0.15) is 0 Å². The van der Waals surface area contributed by atoms with E-state index in [9.17, 15) is 0 Å². The van der Waals surface area contributed by atoms with Crippen LogP contribution in [0.4, 0.5) is 38.5 Å². The average molecular weight is 622 g/mol. The molecule has 0 bridgehead atoms. The highest BCUT2D eigenvalue weighted by atomic mass is 19.1. The summed E-state index contributed by atoms with van der Waals surface area (Å²) < 4.78 is 18.5. The first kappa shape index (κ1) is 27.6. The number of rotatable bonds is 2. The van der Waals surface area contributed by atoms with E-state index < -0.39 is 0 Å². The fraction of sp³-hybridized carbons (Fsp3) is 0.116. The molecule has 0 spiro atoms.